The summed E-state index contributed by atoms with van der Waals surface area (Å²) < 4.78 is 1.14. The Morgan fingerprint density at radius 3 is 2.44 bits per heavy atom. The molecule has 1 aromatic rings. The quantitative estimate of drug-likeness (QED) is 0.859. The van der Waals surface area contributed by atoms with E-state index in [0.29, 0.717) is 5.92 Å². The molecule has 0 unspecified atom stereocenters. The van der Waals surface area contributed by atoms with Crippen LogP contribution in [0.15, 0.2) is 22.7 Å². The molecule has 0 bridgehead atoms. The maximum absolute atomic E-state index is 6.57. The molecule has 0 atom stereocenters. The SMILES string of the molecule is CC(C)c1ccc(Br)cc1C1(N)CCCC1. The average molecular weight is 282 g/mol. The summed E-state index contributed by atoms with van der Waals surface area (Å²) >= 11 is 3.56. The second kappa shape index (κ2) is 4.50. The van der Waals surface area contributed by atoms with Gasteiger partial charge in [-0.1, -0.05) is 48.7 Å². The van der Waals surface area contributed by atoms with Crippen LogP contribution in [0, 0.1) is 0 Å². The van der Waals surface area contributed by atoms with E-state index in [9.17, 15) is 0 Å². The smallest absolute Gasteiger partial charge is 0.0412 e. The van der Waals surface area contributed by atoms with Crippen LogP contribution in [0.5, 0.6) is 0 Å². The van der Waals surface area contributed by atoms with Gasteiger partial charge in [0.1, 0.15) is 0 Å². The van der Waals surface area contributed by atoms with Crippen molar-refractivity contribution in [3.05, 3.63) is 33.8 Å². The van der Waals surface area contributed by atoms with Gasteiger partial charge < -0.3 is 5.73 Å². The summed E-state index contributed by atoms with van der Waals surface area (Å²) in [7, 11) is 0. The van der Waals surface area contributed by atoms with Gasteiger partial charge in [-0.05, 0) is 42.0 Å². The van der Waals surface area contributed by atoms with Crippen molar-refractivity contribution in [2.24, 2.45) is 5.73 Å². The van der Waals surface area contributed by atoms with E-state index in [1.165, 1.54) is 24.0 Å². The number of benzene rings is 1. The van der Waals surface area contributed by atoms with Crippen LogP contribution in [-0.4, -0.2) is 0 Å². The molecule has 0 heterocycles. The fraction of sp³-hybridized carbons (Fsp3) is 0.571. The lowest BCUT2D eigenvalue weighted by atomic mass is 9.82. The molecule has 2 heteroatoms. The topological polar surface area (TPSA) is 26.0 Å². The molecule has 1 fully saturated rings. The Morgan fingerprint density at radius 2 is 1.88 bits per heavy atom. The van der Waals surface area contributed by atoms with Gasteiger partial charge in [0.2, 0.25) is 0 Å². The lowest BCUT2D eigenvalue weighted by molar-refractivity contribution is 0.455. The van der Waals surface area contributed by atoms with Crippen LogP contribution in [0.3, 0.4) is 0 Å². The number of rotatable bonds is 2. The maximum atomic E-state index is 6.57. The van der Waals surface area contributed by atoms with Crippen LogP contribution in [-0.2, 0) is 5.54 Å². The summed E-state index contributed by atoms with van der Waals surface area (Å²) in [4.78, 5) is 0. The Labute approximate surface area is 107 Å². The molecule has 1 nitrogen and oxygen atoms in total. The highest BCUT2D eigenvalue weighted by Crippen LogP contribution is 2.40. The molecular weight excluding hydrogens is 262 g/mol. The fourth-order valence-electron chi connectivity index (χ4n) is 2.74. The molecule has 0 aliphatic heterocycles. The van der Waals surface area contributed by atoms with Crippen molar-refractivity contribution in [3.63, 3.8) is 0 Å². The highest BCUT2D eigenvalue weighted by Gasteiger charge is 2.33. The molecule has 0 radical (unpaired) electrons. The van der Waals surface area contributed by atoms with Crippen LogP contribution >= 0.6 is 15.9 Å². The highest BCUT2D eigenvalue weighted by molar-refractivity contribution is 9.10. The van der Waals surface area contributed by atoms with E-state index < -0.39 is 0 Å². The minimum atomic E-state index is -0.0800. The molecule has 0 amide bonds. The van der Waals surface area contributed by atoms with Gasteiger partial charge in [0.15, 0.2) is 0 Å². The van der Waals surface area contributed by atoms with Crippen molar-refractivity contribution in [2.75, 3.05) is 0 Å². The zero-order chi connectivity index (χ0) is 11.8. The van der Waals surface area contributed by atoms with Gasteiger partial charge >= 0.3 is 0 Å². The van der Waals surface area contributed by atoms with Gasteiger partial charge in [-0.3, -0.25) is 0 Å². The fourth-order valence-corrected chi connectivity index (χ4v) is 3.10. The third kappa shape index (κ3) is 2.18. The van der Waals surface area contributed by atoms with E-state index in [1.807, 2.05) is 0 Å². The van der Waals surface area contributed by atoms with Gasteiger partial charge in [0, 0.05) is 10.0 Å². The van der Waals surface area contributed by atoms with Gasteiger partial charge in [0.25, 0.3) is 0 Å². The molecule has 0 aromatic heterocycles. The van der Waals surface area contributed by atoms with Crippen molar-refractivity contribution in [2.45, 2.75) is 51.0 Å². The zero-order valence-electron chi connectivity index (χ0n) is 10.1. The summed E-state index contributed by atoms with van der Waals surface area (Å²) in [5.74, 6) is 0.545. The molecule has 0 saturated heterocycles. The van der Waals surface area contributed by atoms with Crippen molar-refractivity contribution in [1.82, 2.24) is 0 Å². The first-order valence-electron chi connectivity index (χ1n) is 6.12. The van der Waals surface area contributed by atoms with Gasteiger partial charge in [-0.2, -0.15) is 0 Å². The van der Waals surface area contributed by atoms with Gasteiger partial charge in [-0.15, -0.1) is 0 Å². The predicted octanol–water partition coefficient (Wildman–Crippen LogP) is 4.30. The summed E-state index contributed by atoms with van der Waals surface area (Å²) in [6.45, 7) is 4.48. The Hall–Kier alpha value is -0.340. The summed E-state index contributed by atoms with van der Waals surface area (Å²) in [6.07, 6.45) is 4.79. The standard InChI is InChI=1S/C14H20BrN/c1-10(2)12-6-5-11(15)9-13(12)14(16)7-3-4-8-14/h5-6,9-10H,3-4,7-8,16H2,1-2H3. The first kappa shape index (κ1) is 12.1. The molecule has 1 saturated carbocycles. The van der Waals surface area contributed by atoms with E-state index in [0.717, 1.165) is 17.3 Å². The Bertz CT molecular complexity index is 378. The first-order valence-corrected chi connectivity index (χ1v) is 6.91. The zero-order valence-corrected chi connectivity index (χ0v) is 11.7. The Balaban J connectivity index is 2.48. The van der Waals surface area contributed by atoms with Gasteiger partial charge in [-0.25, -0.2) is 0 Å². The van der Waals surface area contributed by atoms with Gasteiger partial charge in [0.05, 0.1) is 0 Å². The number of halogens is 1. The first-order chi connectivity index (χ1) is 7.53. The predicted molar refractivity (Wildman–Crippen MR) is 72.6 cm³/mol. The highest BCUT2D eigenvalue weighted by atomic mass is 79.9. The van der Waals surface area contributed by atoms with Crippen molar-refractivity contribution in [1.29, 1.82) is 0 Å². The van der Waals surface area contributed by atoms with Crippen LogP contribution < -0.4 is 5.73 Å². The third-order valence-electron chi connectivity index (χ3n) is 3.67. The second-order valence-electron chi connectivity index (χ2n) is 5.25. The molecule has 0 spiro atoms. The van der Waals surface area contributed by atoms with E-state index >= 15 is 0 Å². The Morgan fingerprint density at radius 1 is 1.25 bits per heavy atom. The minimum Gasteiger partial charge on any atom is -0.321 e. The number of hydrogen-bond acceptors (Lipinski definition) is 1. The largest absolute Gasteiger partial charge is 0.321 e. The van der Waals surface area contributed by atoms with E-state index in [2.05, 4.69) is 48.0 Å². The van der Waals surface area contributed by atoms with E-state index in [1.54, 1.807) is 0 Å². The van der Waals surface area contributed by atoms with Crippen molar-refractivity contribution in [3.8, 4) is 0 Å². The molecule has 2 rings (SSSR count). The molecule has 1 aliphatic carbocycles. The molecule has 16 heavy (non-hydrogen) atoms. The van der Waals surface area contributed by atoms with Crippen LogP contribution in [0.4, 0.5) is 0 Å². The van der Waals surface area contributed by atoms with E-state index in [4.69, 9.17) is 5.73 Å². The number of nitrogens with two attached hydrogens (primary N) is 1. The molecule has 88 valence electrons. The maximum Gasteiger partial charge on any atom is 0.0412 e. The van der Waals surface area contributed by atoms with Crippen LogP contribution in [0.1, 0.15) is 56.6 Å². The summed E-state index contributed by atoms with van der Waals surface area (Å²) in [5, 5.41) is 0. The third-order valence-corrected chi connectivity index (χ3v) is 4.16. The Kier molecular flexibility index (Phi) is 3.41. The lowest BCUT2D eigenvalue weighted by Crippen LogP contribution is -2.34. The van der Waals surface area contributed by atoms with E-state index in [-0.39, 0.29) is 5.54 Å². The monoisotopic (exact) mass is 281 g/mol. The van der Waals surface area contributed by atoms with Crippen LogP contribution in [0.2, 0.25) is 0 Å². The van der Waals surface area contributed by atoms with Crippen LogP contribution in [0.25, 0.3) is 0 Å². The van der Waals surface area contributed by atoms with Crippen molar-refractivity contribution >= 4 is 15.9 Å². The molecule has 1 aliphatic rings. The summed E-state index contributed by atoms with van der Waals surface area (Å²) in [6, 6.07) is 6.56. The average Bonchev–Trinajstić information content (AvgIpc) is 2.66. The van der Waals surface area contributed by atoms with Crippen molar-refractivity contribution < 1.29 is 0 Å². The number of hydrogen-bond donors (Lipinski definition) is 1. The lowest BCUT2D eigenvalue weighted by Gasteiger charge is -2.28. The minimum absolute atomic E-state index is 0.0800. The molecule has 1 aromatic carbocycles. The second-order valence-corrected chi connectivity index (χ2v) is 6.17. The summed E-state index contributed by atoms with van der Waals surface area (Å²) in [5.41, 5.74) is 9.25. The molecular formula is C14H20BrN. The molecule has 2 N–H and O–H groups in total. The normalized spacial score (nSPS) is 19.3.